The Hall–Kier alpha value is -3.43. The number of fused-ring (bicyclic) bond motifs is 1. The molecule has 0 saturated heterocycles. The molecule has 0 aliphatic heterocycles. The Balaban J connectivity index is 0.000000371. The Morgan fingerprint density at radius 2 is 1.91 bits per heavy atom. The number of nitrogens with one attached hydrogen (secondary N) is 1. The van der Waals surface area contributed by atoms with E-state index in [0.29, 0.717) is 10.8 Å². The summed E-state index contributed by atoms with van der Waals surface area (Å²) in [5, 5.41) is 4.05. The number of hydrogen-bond acceptors (Lipinski definition) is 7. The number of rotatable bonds is 7. The number of halogens is 1. The second-order valence-electron chi connectivity index (χ2n) is 7.99. The zero-order chi connectivity index (χ0) is 25.6. The third-order valence-corrected chi connectivity index (χ3v) is 5.98. The number of ketones is 1. The van der Waals surface area contributed by atoms with Gasteiger partial charge in [0.1, 0.15) is 34.9 Å². The van der Waals surface area contributed by atoms with Gasteiger partial charge in [0.25, 0.3) is 0 Å². The molecule has 0 spiro atoms. The van der Waals surface area contributed by atoms with E-state index >= 15 is 0 Å². The highest BCUT2D eigenvalue weighted by molar-refractivity contribution is 7.91. The monoisotopic (exact) mass is 514 g/mol. The molecule has 0 aliphatic rings. The quantitative estimate of drug-likeness (QED) is 0.344. The highest BCUT2D eigenvalue weighted by atomic mass is 35.5. The third kappa shape index (κ3) is 7.53. The molecule has 10 heteroatoms. The van der Waals surface area contributed by atoms with Crippen LogP contribution in [0, 0.1) is 6.92 Å². The van der Waals surface area contributed by atoms with Gasteiger partial charge < -0.3 is 14.6 Å². The third-order valence-electron chi connectivity index (χ3n) is 4.82. The fourth-order valence-electron chi connectivity index (χ4n) is 3.39. The molecule has 2 aromatic carbocycles. The van der Waals surface area contributed by atoms with Gasteiger partial charge in [-0.2, -0.15) is 0 Å². The largest absolute Gasteiger partial charge is 0.457 e. The van der Waals surface area contributed by atoms with Crippen molar-refractivity contribution in [3.8, 4) is 11.5 Å². The maximum atomic E-state index is 10.2. The van der Waals surface area contributed by atoms with Crippen molar-refractivity contribution >= 4 is 49.8 Å². The van der Waals surface area contributed by atoms with Crippen LogP contribution in [0.1, 0.15) is 19.4 Å². The van der Waals surface area contributed by atoms with Crippen molar-refractivity contribution < 1.29 is 17.9 Å². The smallest absolute Gasteiger partial charge is 0.158 e. The molecule has 0 aliphatic carbocycles. The van der Waals surface area contributed by atoms with E-state index in [9.17, 15) is 13.2 Å². The van der Waals surface area contributed by atoms with E-state index in [1.807, 2.05) is 55.6 Å². The topological polar surface area (TPSA) is 103 Å². The molecule has 0 fully saturated rings. The number of ether oxygens (including phenoxy) is 1. The van der Waals surface area contributed by atoms with Gasteiger partial charge in [0.2, 0.25) is 0 Å². The summed E-state index contributed by atoms with van der Waals surface area (Å²) in [6.07, 6.45) is 4.64. The number of Topliss-reactive ketones (excluding diaryl/α,β-unsaturated/α-hetero) is 1. The van der Waals surface area contributed by atoms with Gasteiger partial charge in [-0.3, -0.25) is 4.79 Å². The lowest BCUT2D eigenvalue weighted by Gasteiger charge is -2.13. The number of carbonyl (C=O) groups excluding carboxylic acids is 1. The number of aromatic nitrogens is 3. The summed E-state index contributed by atoms with van der Waals surface area (Å²) in [6.45, 7) is 6.22. The molecular weight excluding hydrogens is 488 g/mol. The number of hydrogen-bond donors (Lipinski definition) is 1. The van der Waals surface area contributed by atoms with Crippen LogP contribution in [0.15, 0.2) is 61.1 Å². The number of nitrogens with zero attached hydrogens (tertiary/aromatic N) is 3. The SMILES string of the molecule is CC(=O)CS(C)(=O)=O.CCn1ccc2ncnc(Nc3ccc(Oc4cccc(Cl)c4)c(C)c3)c21. The van der Waals surface area contributed by atoms with Gasteiger partial charge in [0.15, 0.2) is 15.7 Å². The molecule has 184 valence electrons. The minimum absolute atomic E-state index is 0.312. The van der Waals surface area contributed by atoms with Gasteiger partial charge in [-0.25, -0.2) is 18.4 Å². The van der Waals surface area contributed by atoms with E-state index in [1.54, 1.807) is 12.4 Å². The Morgan fingerprint density at radius 3 is 2.51 bits per heavy atom. The molecule has 4 aromatic rings. The number of benzene rings is 2. The van der Waals surface area contributed by atoms with Gasteiger partial charge in [0, 0.05) is 29.7 Å². The first kappa shape index (κ1) is 26.2. The zero-order valence-corrected chi connectivity index (χ0v) is 21.5. The van der Waals surface area contributed by atoms with Crippen molar-refractivity contribution in [2.45, 2.75) is 27.3 Å². The van der Waals surface area contributed by atoms with E-state index in [2.05, 4.69) is 26.8 Å². The molecular formula is C25H27ClN4O4S. The average Bonchev–Trinajstić information content (AvgIpc) is 3.19. The van der Waals surface area contributed by atoms with Crippen LogP contribution in [0.25, 0.3) is 11.0 Å². The van der Waals surface area contributed by atoms with Crippen LogP contribution < -0.4 is 10.1 Å². The predicted molar refractivity (Wildman–Crippen MR) is 140 cm³/mol. The lowest BCUT2D eigenvalue weighted by Crippen LogP contribution is -2.10. The predicted octanol–water partition coefficient (Wildman–Crippen LogP) is 5.57. The number of carbonyl (C=O) groups is 1. The minimum Gasteiger partial charge on any atom is -0.457 e. The fraction of sp³-hybridized carbons (Fsp3) is 0.240. The van der Waals surface area contributed by atoms with Crippen LogP contribution in [0.2, 0.25) is 5.02 Å². The maximum Gasteiger partial charge on any atom is 0.158 e. The van der Waals surface area contributed by atoms with Crippen molar-refractivity contribution in [3.63, 3.8) is 0 Å². The van der Waals surface area contributed by atoms with Crippen molar-refractivity contribution in [2.75, 3.05) is 17.3 Å². The first-order valence-electron chi connectivity index (χ1n) is 10.8. The molecule has 35 heavy (non-hydrogen) atoms. The molecule has 0 radical (unpaired) electrons. The highest BCUT2D eigenvalue weighted by Crippen LogP contribution is 2.30. The van der Waals surface area contributed by atoms with E-state index in [-0.39, 0.29) is 11.5 Å². The summed E-state index contributed by atoms with van der Waals surface area (Å²) in [5.41, 5.74) is 3.87. The molecule has 0 atom stereocenters. The molecule has 0 amide bonds. The van der Waals surface area contributed by atoms with Gasteiger partial charge in [0.05, 0.1) is 5.52 Å². The van der Waals surface area contributed by atoms with Crippen molar-refractivity contribution in [1.82, 2.24) is 14.5 Å². The van der Waals surface area contributed by atoms with Gasteiger partial charge in [-0.05, 0) is 68.8 Å². The Bertz CT molecular complexity index is 1450. The van der Waals surface area contributed by atoms with E-state index in [1.165, 1.54) is 6.92 Å². The minimum atomic E-state index is -3.07. The summed E-state index contributed by atoms with van der Waals surface area (Å²) in [4.78, 5) is 18.8. The second kappa shape index (κ2) is 11.3. The first-order valence-corrected chi connectivity index (χ1v) is 13.3. The van der Waals surface area contributed by atoms with Crippen LogP contribution in [0.4, 0.5) is 11.5 Å². The van der Waals surface area contributed by atoms with Crippen LogP contribution in [-0.4, -0.2) is 40.7 Å². The summed E-state index contributed by atoms with van der Waals surface area (Å²) < 4.78 is 28.5. The molecule has 0 bridgehead atoms. The first-order chi connectivity index (χ1) is 16.6. The van der Waals surface area contributed by atoms with Crippen LogP contribution in [0.5, 0.6) is 11.5 Å². The van der Waals surface area contributed by atoms with Gasteiger partial charge in [-0.15, -0.1) is 0 Å². The Kier molecular flexibility index (Phi) is 8.48. The van der Waals surface area contributed by atoms with Crippen molar-refractivity contribution in [2.24, 2.45) is 0 Å². The van der Waals surface area contributed by atoms with E-state index in [4.69, 9.17) is 16.3 Å². The molecule has 4 rings (SSSR count). The zero-order valence-electron chi connectivity index (χ0n) is 19.9. The molecule has 0 saturated carbocycles. The van der Waals surface area contributed by atoms with E-state index < -0.39 is 9.84 Å². The average molecular weight is 515 g/mol. The standard InChI is InChI=1S/C21H19ClN4O.C4H8O3S/c1-3-26-10-9-18-20(26)21(24-13-23-18)25-16-7-8-19(14(2)11-16)27-17-6-4-5-15(22)12-17;1-4(5)3-8(2,6)7/h4-13H,3H2,1-2H3,(H,23,24,25);3H2,1-2H3. The number of sulfone groups is 1. The Labute approximate surface area is 209 Å². The molecule has 2 heterocycles. The summed E-state index contributed by atoms with van der Waals surface area (Å²) >= 11 is 6.03. The second-order valence-corrected chi connectivity index (χ2v) is 10.6. The fourth-order valence-corrected chi connectivity index (χ4v) is 4.31. The molecule has 2 aromatic heterocycles. The van der Waals surface area contributed by atoms with Crippen LogP contribution in [0.3, 0.4) is 0 Å². The van der Waals surface area contributed by atoms with Gasteiger partial charge >= 0.3 is 0 Å². The Morgan fingerprint density at radius 1 is 1.14 bits per heavy atom. The van der Waals surface area contributed by atoms with Crippen LogP contribution >= 0.6 is 11.6 Å². The maximum absolute atomic E-state index is 10.2. The summed E-state index contributed by atoms with van der Waals surface area (Å²) in [6, 6.07) is 15.3. The summed E-state index contributed by atoms with van der Waals surface area (Å²) in [5.74, 6) is 1.63. The number of anilines is 2. The molecule has 1 N–H and O–H groups in total. The van der Waals surface area contributed by atoms with Crippen molar-refractivity contribution in [1.29, 1.82) is 0 Å². The molecule has 8 nitrogen and oxygen atoms in total. The summed E-state index contributed by atoms with van der Waals surface area (Å²) in [7, 11) is -3.07. The number of aryl methyl sites for hydroxylation is 2. The normalized spacial score (nSPS) is 11.0. The van der Waals surface area contributed by atoms with E-state index in [0.717, 1.165) is 46.7 Å². The van der Waals surface area contributed by atoms with Crippen molar-refractivity contribution in [3.05, 3.63) is 71.6 Å². The van der Waals surface area contributed by atoms with Gasteiger partial charge in [-0.1, -0.05) is 17.7 Å². The highest BCUT2D eigenvalue weighted by Gasteiger charge is 2.10. The lowest BCUT2D eigenvalue weighted by molar-refractivity contribution is -0.114. The lowest BCUT2D eigenvalue weighted by atomic mass is 10.2. The molecule has 0 unspecified atom stereocenters. The van der Waals surface area contributed by atoms with Crippen LogP contribution in [-0.2, 0) is 21.2 Å².